The van der Waals surface area contributed by atoms with Gasteiger partial charge in [0.05, 0.1) is 28.6 Å². The summed E-state index contributed by atoms with van der Waals surface area (Å²) >= 11 is 0. The smallest absolute Gasteiger partial charge is 0.253 e. The summed E-state index contributed by atoms with van der Waals surface area (Å²) in [5, 5.41) is 30.0. The molecule has 12 nitrogen and oxygen atoms in total. The van der Waals surface area contributed by atoms with E-state index in [9.17, 15) is 41.8 Å². The molecule has 5 atom stereocenters. The van der Waals surface area contributed by atoms with Crippen LogP contribution < -0.4 is 16.0 Å². The Kier molecular flexibility index (Phi) is 16.7. The van der Waals surface area contributed by atoms with E-state index in [1.165, 1.54) is 31.6 Å². The first-order valence-electron chi connectivity index (χ1n) is 17.2. The quantitative estimate of drug-likeness (QED) is 0.109. The Hall–Kier alpha value is -4.31. The van der Waals surface area contributed by atoms with Crippen LogP contribution in [0.5, 0.6) is 0 Å². The number of carbonyl (C=O) groups is 3. The lowest BCUT2D eigenvalue weighted by atomic mass is 9.92. The number of nitrogens with one attached hydrogen (secondary N) is 3. The molecule has 2 aromatic carbocycles. The van der Waals surface area contributed by atoms with Crippen LogP contribution in [0, 0.1) is 11.6 Å². The van der Waals surface area contributed by atoms with Crippen molar-refractivity contribution < 1.29 is 46.5 Å². The van der Waals surface area contributed by atoms with E-state index in [2.05, 4.69) is 20.9 Å². The molecule has 0 aliphatic carbocycles. The van der Waals surface area contributed by atoms with Gasteiger partial charge in [0.15, 0.2) is 9.84 Å². The molecule has 0 fully saturated rings. The highest BCUT2D eigenvalue weighted by Gasteiger charge is 2.38. The highest BCUT2D eigenvalue weighted by Crippen LogP contribution is 2.19. The summed E-state index contributed by atoms with van der Waals surface area (Å²) in [5.41, 5.74) is 0.309. The zero-order valence-corrected chi connectivity index (χ0v) is 30.3. The van der Waals surface area contributed by atoms with Crippen LogP contribution in [0.25, 0.3) is 0 Å². The van der Waals surface area contributed by atoms with Gasteiger partial charge < -0.3 is 30.9 Å². The van der Waals surface area contributed by atoms with Crippen LogP contribution in [-0.4, -0.2) is 96.4 Å². The van der Waals surface area contributed by atoms with E-state index in [1.807, 2.05) is 13.8 Å². The molecule has 3 amide bonds. The van der Waals surface area contributed by atoms with Gasteiger partial charge in [-0.25, -0.2) is 17.2 Å². The topological polar surface area (TPSA) is 184 Å². The Bertz CT molecular complexity index is 1680. The van der Waals surface area contributed by atoms with E-state index in [0.29, 0.717) is 31.7 Å². The van der Waals surface area contributed by atoms with Crippen molar-refractivity contribution >= 4 is 27.6 Å². The molecule has 0 saturated heterocycles. The third kappa shape index (κ3) is 12.7. The first-order chi connectivity index (χ1) is 24.8. The summed E-state index contributed by atoms with van der Waals surface area (Å²) in [5.74, 6) is -5.07. The largest absolute Gasteiger partial charge is 0.388 e. The van der Waals surface area contributed by atoms with Gasteiger partial charge in [0, 0.05) is 37.7 Å². The van der Waals surface area contributed by atoms with Crippen LogP contribution >= 0.6 is 0 Å². The molecular formula is C37H48F2N4O8S. The van der Waals surface area contributed by atoms with Gasteiger partial charge >= 0.3 is 0 Å². The maximum Gasteiger partial charge on any atom is 0.253 e. The van der Waals surface area contributed by atoms with Gasteiger partial charge in [0.1, 0.15) is 29.9 Å². The fraction of sp³-hybridized carbons (Fsp3) is 0.459. The van der Waals surface area contributed by atoms with Crippen molar-refractivity contribution in [3.8, 4) is 0 Å². The SMILES string of the molecule is CCCC(CCC)S(=O)(=O)C[C@@H](NC(=O)c1cccnc1)C(=O)N[C@@H](Cc1cc(F)cc(F)c1)[C@@H](O)[C@H](O)[C@@H](CCOC)NC(=O)c1ccccc1. The lowest BCUT2D eigenvalue weighted by Gasteiger charge is -2.34. The van der Waals surface area contributed by atoms with E-state index in [0.717, 1.165) is 12.1 Å². The molecule has 1 aromatic heterocycles. The molecule has 5 N–H and O–H groups in total. The Morgan fingerprint density at radius 2 is 1.40 bits per heavy atom. The first-order valence-corrected chi connectivity index (χ1v) is 18.9. The molecule has 15 heteroatoms. The van der Waals surface area contributed by atoms with E-state index >= 15 is 0 Å². The summed E-state index contributed by atoms with van der Waals surface area (Å²) in [6, 6.07) is 9.27. The number of halogens is 2. The molecule has 3 aromatic rings. The fourth-order valence-corrected chi connectivity index (χ4v) is 8.01. The van der Waals surface area contributed by atoms with Gasteiger partial charge in [-0.1, -0.05) is 44.9 Å². The predicted molar refractivity (Wildman–Crippen MR) is 191 cm³/mol. The number of amides is 3. The zero-order valence-electron chi connectivity index (χ0n) is 29.5. The molecule has 0 bridgehead atoms. The molecule has 1 heterocycles. The van der Waals surface area contributed by atoms with Gasteiger partial charge in [-0.2, -0.15) is 0 Å². The molecule has 0 unspecified atom stereocenters. The van der Waals surface area contributed by atoms with Crippen molar-refractivity contribution in [1.82, 2.24) is 20.9 Å². The minimum Gasteiger partial charge on any atom is -0.388 e. The molecule has 0 radical (unpaired) electrons. The number of nitrogens with zero attached hydrogens (tertiary/aromatic N) is 1. The Labute approximate surface area is 303 Å². The molecule has 0 saturated carbocycles. The third-order valence-corrected chi connectivity index (χ3v) is 10.8. The van der Waals surface area contributed by atoms with Crippen molar-refractivity contribution in [2.75, 3.05) is 19.5 Å². The van der Waals surface area contributed by atoms with Gasteiger partial charge in [-0.3, -0.25) is 19.4 Å². The molecule has 3 rings (SSSR count). The van der Waals surface area contributed by atoms with Crippen LogP contribution in [0.15, 0.2) is 73.1 Å². The van der Waals surface area contributed by atoms with E-state index in [-0.39, 0.29) is 29.7 Å². The standard InChI is InChI=1S/C37H48F2N4O8S/c1-4-10-29(11-5-2)52(49,50)23-32(43-36(47)26-14-9-16-40-22-26)37(48)42-31(20-24-18-27(38)21-28(39)19-24)34(45)33(44)30(15-17-51-3)41-35(46)25-12-7-6-8-13-25/h6-9,12-14,16,18-19,21-22,29-34,44-45H,4-5,10-11,15,17,20,23H2,1-3H3,(H,41,46)(H,42,48)(H,43,47)/t30-,31+,32-,33-,34-/m1/s1. The molecule has 52 heavy (non-hydrogen) atoms. The van der Waals surface area contributed by atoms with Crippen molar-refractivity contribution in [3.05, 3.63) is 101 Å². The average Bonchev–Trinajstić information content (AvgIpc) is 3.12. The second-order valence-corrected chi connectivity index (χ2v) is 14.9. The summed E-state index contributed by atoms with van der Waals surface area (Å²) in [4.78, 5) is 44.2. The van der Waals surface area contributed by atoms with Crippen molar-refractivity contribution in [2.24, 2.45) is 0 Å². The molecule has 284 valence electrons. The van der Waals surface area contributed by atoms with Crippen LogP contribution in [0.4, 0.5) is 8.78 Å². The van der Waals surface area contributed by atoms with Gasteiger partial charge in [0.25, 0.3) is 11.8 Å². The summed E-state index contributed by atoms with van der Waals surface area (Å²) in [7, 11) is -2.59. The van der Waals surface area contributed by atoms with Crippen LogP contribution in [0.2, 0.25) is 0 Å². The molecular weight excluding hydrogens is 698 g/mol. The number of aliphatic hydroxyl groups excluding tert-OH is 2. The predicted octanol–water partition coefficient (Wildman–Crippen LogP) is 3.13. The fourth-order valence-electron chi connectivity index (χ4n) is 5.85. The van der Waals surface area contributed by atoms with Gasteiger partial charge in [-0.05, 0) is 67.6 Å². The Morgan fingerprint density at radius 3 is 1.98 bits per heavy atom. The van der Waals surface area contributed by atoms with Crippen molar-refractivity contribution in [3.63, 3.8) is 0 Å². The molecule has 0 aliphatic rings. The van der Waals surface area contributed by atoms with E-state index in [4.69, 9.17) is 4.74 Å². The lowest BCUT2D eigenvalue weighted by molar-refractivity contribution is -0.125. The second kappa shape index (κ2) is 20.7. The maximum atomic E-state index is 14.3. The van der Waals surface area contributed by atoms with Crippen LogP contribution in [0.1, 0.15) is 72.2 Å². The number of rotatable bonds is 21. The number of aliphatic hydroxyl groups is 2. The number of pyridine rings is 1. The van der Waals surface area contributed by atoms with Crippen molar-refractivity contribution in [2.45, 2.75) is 88.0 Å². The summed E-state index contributed by atoms with van der Waals surface area (Å²) in [6.07, 6.45) is 0.349. The minimum atomic E-state index is -3.99. The number of sulfone groups is 1. The second-order valence-electron chi connectivity index (χ2n) is 12.6. The zero-order chi connectivity index (χ0) is 38.3. The number of ether oxygens (including phenoxy) is 1. The van der Waals surface area contributed by atoms with E-state index < -0.39 is 87.0 Å². The van der Waals surface area contributed by atoms with Crippen molar-refractivity contribution in [1.29, 1.82) is 0 Å². The van der Waals surface area contributed by atoms with E-state index in [1.54, 1.807) is 30.3 Å². The Balaban J connectivity index is 2.00. The third-order valence-electron chi connectivity index (χ3n) is 8.54. The highest BCUT2D eigenvalue weighted by molar-refractivity contribution is 7.92. The lowest BCUT2D eigenvalue weighted by Crippen LogP contribution is -2.60. The maximum absolute atomic E-state index is 14.3. The number of aromatic nitrogens is 1. The normalized spacial score (nSPS) is 14.5. The van der Waals surface area contributed by atoms with Crippen LogP contribution in [-0.2, 0) is 25.8 Å². The summed E-state index contributed by atoms with van der Waals surface area (Å²) < 4.78 is 61.0. The van der Waals surface area contributed by atoms with Gasteiger partial charge in [-0.15, -0.1) is 0 Å². The minimum absolute atomic E-state index is 0.00895. The molecule has 0 aliphatic heterocycles. The monoisotopic (exact) mass is 746 g/mol. The highest BCUT2D eigenvalue weighted by atomic mass is 32.2. The number of hydrogen-bond donors (Lipinski definition) is 5. The summed E-state index contributed by atoms with van der Waals surface area (Å²) in [6.45, 7) is 3.72. The first kappa shape index (κ1) is 42.1. The Morgan fingerprint density at radius 1 is 0.808 bits per heavy atom. The number of benzene rings is 2. The van der Waals surface area contributed by atoms with Crippen LogP contribution in [0.3, 0.4) is 0 Å². The number of carbonyl (C=O) groups excluding carboxylic acids is 3. The van der Waals surface area contributed by atoms with Gasteiger partial charge in [0.2, 0.25) is 5.91 Å². The number of methoxy groups -OCH3 is 1. The average molecular weight is 747 g/mol. The molecule has 0 spiro atoms. The number of hydrogen-bond acceptors (Lipinski definition) is 9.